The molecule has 1 aromatic rings. The Labute approximate surface area is 151 Å². The van der Waals surface area contributed by atoms with E-state index < -0.39 is 10.0 Å². The molecule has 0 aromatic heterocycles. The predicted octanol–water partition coefficient (Wildman–Crippen LogP) is 3.48. The first-order valence-corrected chi connectivity index (χ1v) is 10.6. The van der Waals surface area contributed by atoms with Gasteiger partial charge in [-0.25, -0.2) is 8.42 Å². The smallest absolute Gasteiger partial charge is 0.251 e. The number of nitrogens with zero attached hydrogens (tertiary/aromatic N) is 1. The van der Waals surface area contributed by atoms with Crippen molar-refractivity contribution in [2.45, 2.75) is 76.8 Å². The Balaban J connectivity index is 2.30. The maximum Gasteiger partial charge on any atom is 0.251 e. The summed E-state index contributed by atoms with van der Waals surface area (Å²) in [5.74, 6) is -0.206. The zero-order valence-electron chi connectivity index (χ0n) is 15.7. The molecule has 1 heterocycles. The van der Waals surface area contributed by atoms with Crippen LogP contribution in [0, 0.1) is 6.92 Å². The summed E-state index contributed by atoms with van der Waals surface area (Å²) in [4.78, 5) is 12.8. The molecule has 1 aromatic carbocycles. The van der Waals surface area contributed by atoms with Gasteiger partial charge < -0.3 is 5.32 Å². The van der Waals surface area contributed by atoms with Gasteiger partial charge in [0.15, 0.2) is 0 Å². The van der Waals surface area contributed by atoms with E-state index in [0.29, 0.717) is 12.1 Å². The van der Waals surface area contributed by atoms with Crippen molar-refractivity contribution < 1.29 is 13.2 Å². The maximum absolute atomic E-state index is 13.0. The van der Waals surface area contributed by atoms with Crippen LogP contribution in [0.1, 0.15) is 68.8 Å². The van der Waals surface area contributed by atoms with Gasteiger partial charge in [0.1, 0.15) is 0 Å². The predicted molar refractivity (Wildman–Crippen MR) is 100 cm³/mol. The van der Waals surface area contributed by atoms with Gasteiger partial charge in [-0.05, 0) is 57.7 Å². The second-order valence-corrected chi connectivity index (χ2v) is 8.99. The number of benzene rings is 1. The largest absolute Gasteiger partial charge is 0.350 e. The molecule has 2 atom stereocenters. The molecule has 1 N–H and O–H groups in total. The molecule has 2 unspecified atom stereocenters. The van der Waals surface area contributed by atoms with E-state index in [1.54, 1.807) is 16.4 Å². The number of amides is 1. The average molecular weight is 367 g/mol. The Morgan fingerprint density at radius 3 is 2.72 bits per heavy atom. The van der Waals surface area contributed by atoms with E-state index in [1.807, 2.05) is 20.8 Å². The summed E-state index contributed by atoms with van der Waals surface area (Å²) in [7, 11) is -3.57. The maximum atomic E-state index is 13.0. The second kappa shape index (κ2) is 8.32. The van der Waals surface area contributed by atoms with Crippen LogP contribution in [-0.4, -0.2) is 37.3 Å². The van der Waals surface area contributed by atoms with Crippen LogP contribution in [0.3, 0.4) is 0 Å². The monoisotopic (exact) mass is 366 g/mol. The SMILES string of the molecule is CCCC(C)NC(=O)c1cc(S(=O)(=O)N2CCCCC2C)ccc1C. The summed E-state index contributed by atoms with van der Waals surface area (Å²) in [5.41, 5.74) is 1.22. The number of sulfonamides is 1. The summed E-state index contributed by atoms with van der Waals surface area (Å²) in [6, 6.07) is 4.93. The molecule has 1 aliphatic heterocycles. The van der Waals surface area contributed by atoms with Gasteiger partial charge in [-0.2, -0.15) is 4.31 Å². The molecule has 0 spiro atoms. The van der Waals surface area contributed by atoms with Crippen LogP contribution < -0.4 is 5.32 Å². The number of carbonyl (C=O) groups excluding carboxylic acids is 1. The number of rotatable bonds is 6. The van der Waals surface area contributed by atoms with Crippen LogP contribution in [0.15, 0.2) is 23.1 Å². The third kappa shape index (κ3) is 4.61. The Hall–Kier alpha value is -1.40. The number of piperidine rings is 1. The van der Waals surface area contributed by atoms with Gasteiger partial charge in [0.05, 0.1) is 4.90 Å². The van der Waals surface area contributed by atoms with E-state index in [-0.39, 0.29) is 22.9 Å². The van der Waals surface area contributed by atoms with E-state index in [2.05, 4.69) is 12.2 Å². The van der Waals surface area contributed by atoms with Gasteiger partial charge in [0, 0.05) is 24.2 Å². The molecule has 1 amide bonds. The lowest BCUT2D eigenvalue weighted by Gasteiger charge is -2.32. The van der Waals surface area contributed by atoms with Gasteiger partial charge in [0.2, 0.25) is 10.0 Å². The molecule has 1 fully saturated rings. The highest BCUT2D eigenvalue weighted by atomic mass is 32.2. The van der Waals surface area contributed by atoms with Gasteiger partial charge >= 0.3 is 0 Å². The quantitative estimate of drug-likeness (QED) is 0.838. The first kappa shape index (κ1) is 19.9. The molecule has 0 bridgehead atoms. The lowest BCUT2D eigenvalue weighted by molar-refractivity contribution is 0.0937. The van der Waals surface area contributed by atoms with E-state index in [1.165, 1.54) is 6.07 Å². The van der Waals surface area contributed by atoms with E-state index in [4.69, 9.17) is 0 Å². The van der Waals surface area contributed by atoms with Gasteiger partial charge in [0.25, 0.3) is 5.91 Å². The van der Waals surface area contributed by atoms with Crippen molar-refractivity contribution in [1.82, 2.24) is 9.62 Å². The molecule has 0 saturated carbocycles. The van der Waals surface area contributed by atoms with Crippen molar-refractivity contribution in [3.8, 4) is 0 Å². The Morgan fingerprint density at radius 1 is 1.36 bits per heavy atom. The minimum Gasteiger partial charge on any atom is -0.350 e. The topological polar surface area (TPSA) is 66.5 Å². The number of nitrogens with one attached hydrogen (secondary N) is 1. The van der Waals surface area contributed by atoms with Crippen molar-refractivity contribution in [3.05, 3.63) is 29.3 Å². The van der Waals surface area contributed by atoms with E-state index in [9.17, 15) is 13.2 Å². The average Bonchev–Trinajstić information content (AvgIpc) is 2.55. The van der Waals surface area contributed by atoms with Crippen LogP contribution >= 0.6 is 0 Å². The van der Waals surface area contributed by atoms with Crippen LogP contribution in [0.5, 0.6) is 0 Å². The summed E-state index contributed by atoms with van der Waals surface area (Å²) in [6.07, 6.45) is 4.71. The standard InChI is InChI=1S/C19H30N2O3S/c1-5-8-15(3)20-19(22)18-13-17(11-10-14(18)2)25(23,24)21-12-7-6-9-16(21)4/h10-11,13,15-16H,5-9,12H2,1-4H3,(H,20,22). The highest BCUT2D eigenvalue weighted by molar-refractivity contribution is 7.89. The molecule has 0 radical (unpaired) electrons. The molecular weight excluding hydrogens is 336 g/mol. The molecule has 1 aliphatic rings. The zero-order valence-corrected chi connectivity index (χ0v) is 16.5. The zero-order chi connectivity index (χ0) is 18.6. The summed E-state index contributed by atoms with van der Waals surface area (Å²) in [6.45, 7) is 8.37. The Bertz CT molecular complexity index is 715. The van der Waals surface area contributed by atoms with Crippen molar-refractivity contribution in [2.75, 3.05) is 6.54 Å². The van der Waals surface area contributed by atoms with Gasteiger partial charge in [-0.3, -0.25) is 4.79 Å². The fourth-order valence-electron chi connectivity index (χ4n) is 3.38. The normalized spacial score (nSPS) is 20.2. The molecule has 6 heteroatoms. The molecule has 140 valence electrons. The highest BCUT2D eigenvalue weighted by Crippen LogP contribution is 2.26. The van der Waals surface area contributed by atoms with Crippen molar-refractivity contribution >= 4 is 15.9 Å². The number of aryl methyl sites for hydroxylation is 1. The van der Waals surface area contributed by atoms with Crippen LogP contribution in [0.4, 0.5) is 0 Å². The molecule has 2 rings (SSSR count). The fourth-order valence-corrected chi connectivity index (χ4v) is 5.10. The molecule has 5 nitrogen and oxygen atoms in total. The minimum absolute atomic E-state index is 0.00176. The van der Waals surface area contributed by atoms with Crippen LogP contribution in [0.2, 0.25) is 0 Å². The molecule has 25 heavy (non-hydrogen) atoms. The van der Waals surface area contributed by atoms with Gasteiger partial charge in [-0.1, -0.05) is 25.8 Å². The number of carbonyl (C=O) groups is 1. The Kier molecular flexibility index (Phi) is 6.63. The van der Waals surface area contributed by atoms with Crippen molar-refractivity contribution in [1.29, 1.82) is 0 Å². The van der Waals surface area contributed by atoms with Gasteiger partial charge in [-0.15, -0.1) is 0 Å². The second-order valence-electron chi connectivity index (χ2n) is 7.10. The first-order chi connectivity index (χ1) is 11.8. The lowest BCUT2D eigenvalue weighted by atomic mass is 10.1. The fraction of sp³-hybridized carbons (Fsp3) is 0.632. The summed E-state index contributed by atoms with van der Waals surface area (Å²) in [5, 5.41) is 2.96. The van der Waals surface area contributed by atoms with Crippen LogP contribution in [0.25, 0.3) is 0 Å². The lowest BCUT2D eigenvalue weighted by Crippen LogP contribution is -2.42. The molecular formula is C19H30N2O3S. The van der Waals surface area contributed by atoms with Crippen molar-refractivity contribution in [2.24, 2.45) is 0 Å². The number of hydrogen-bond donors (Lipinski definition) is 1. The minimum atomic E-state index is -3.57. The Morgan fingerprint density at radius 2 is 2.08 bits per heavy atom. The summed E-state index contributed by atoms with van der Waals surface area (Å²) >= 11 is 0. The first-order valence-electron chi connectivity index (χ1n) is 9.20. The molecule has 0 aliphatic carbocycles. The molecule has 1 saturated heterocycles. The third-order valence-electron chi connectivity index (χ3n) is 4.90. The van der Waals surface area contributed by atoms with E-state index >= 15 is 0 Å². The highest BCUT2D eigenvalue weighted by Gasteiger charge is 2.31. The van der Waals surface area contributed by atoms with Crippen molar-refractivity contribution in [3.63, 3.8) is 0 Å². The third-order valence-corrected chi connectivity index (χ3v) is 6.91. The summed E-state index contributed by atoms with van der Waals surface area (Å²) < 4.78 is 27.6. The van der Waals surface area contributed by atoms with Crippen LogP contribution in [-0.2, 0) is 10.0 Å². The number of hydrogen-bond acceptors (Lipinski definition) is 3. The van der Waals surface area contributed by atoms with E-state index in [0.717, 1.165) is 37.7 Å².